The van der Waals surface area contributed by atoms with Crippen LogP contribution in [0.5, 0.6) is 0 Å². The molecule has 0 radical (unpaired) electrons. The molecule has 2 N–H and O–H groups in total. The standard InChI is InChI=1S/C23H40N4O3.HI/c1-3-19(4-2)22-18-20(8-15-30-22)26-23(24-9-7-21-6-5-14-29-21)25-10-11-27-12-16-28-17-13-27;/h5-6,14,19-20,22H,3-4,7-13,15-18H2,1-2H3,(H2,24,25,26);1H. The summed E-state index contributed by atoms with van der Waals surface area (Å²) in [6.45, 7) is 11.6. The number of hydrogen-bond acceptors (Lipinski definition) is 5. The van der Waals surface area contributed by atoms with Gasteiger partial charge in [-0.2, -0.15) is 0 Å². The summed E-state index contributed by atoms with van der Waals surface area (Å²) >= 11 is 0. The predicted molar refractivity (Wildman–Crippen MR) is 135 cm³/mol. The van der Waals surface area contributed by atoms with Gasteiger partial charge in [-0.15, -0.1) is 24.0 Å². The van der Waals surface area contributed by atoms with Crippen LogP contribution in [-0.4, -0.2) is 75.5 Å². The van der Waals surface area contributed by atoms with Crippen LogP contribution >= 0.6 is 24.0 Å². The Hall–Kier alpha value is -0.840. The number of guanidine groups is 1. The highest BCUT2D eigenvalue weighted by Crippen LogP contribution is 2.25. The normalized spacial score (nSPS) is 22.9. The first-order valence-corrected chi connectivity index (χ1v) is 11.8. The molecule has 2 fully saturated rings. The van der Waals surface area contributed by atoms with E-state index in [-0.39, 0.29) is 24.0 Å². The van der Waals surface area contributed by atoms with Crippen LogP contribution in [0, 0.1) is 5.92 Å². The van der Waals surface area contributed by atoms with Crippen molar-refractivity contribution in [3.05, 3.63) is 24.2 Å². The van der Waals surface area contributed by atoms with Gasteiger partial charge in [0.1, 0.15) is 5.76 Å². The smallest absolute Gasteiger partial charge is 0.191 e. The van der Waals surface area contributed by atoms with Gasteiger partial charge in [0.25, 0.3) is 0 Å². The van der Waals surface area contributed by atoms with E-state index in [2.05, 4.69) is 29.4 Å². The first-order valence-electron chi connectivity index (χ1n) is 11.8. The maximum atomic E-state index is 6.09. The SMILES string of the molecule is CCC(CC)C1CC(NC(=NCCN2CCOCC2)NCCc2ccco2)CCO1.I. The zero-order valence-electron chi connectivity index (χ0n) is 19.2. The summed E-state index contributed by atoms with van der Waals surface area (Å²) in [6.07, 6.45) is 7.36. The van der Waals surface area contributed by atoms with Gasteiger partial charge in [-0.25, -0.2) is 0 Å². The van der Waals surface area contributed by atoms with Gasteiger partial charge in [0.15, 0.2) is 5.96 Å². The average molecular weight is 549 g/mol. The molecule has 0 aliphatic carbocycles. The Balaban J connectivity index is 0.00000341. The minimum absolute atomic E-state index is 0. The Labute approximate surface area is 204 Å². The van der Waals surface area contributed by atoms with E-state index in [0.29, 0.717) is 18.1 Å². The first-order chi connectivity index (χ1) is 14.8. The number of furan rings is 1. The number of rotatable bonds is 10. The molecule has 0 saturated carbocycles. The van der Waals surface area contributed by atoms with E-state index >= 15 is 0 Å². The summed E-state index contributed by atoms with van der Waals surface area (Å²) < 4.78 is 17.0. The van der Waals surface area contributed by atoms with Gasteiger partial charge in [-0.05, 0) is 30.9 Å². The maximum Gasteiger partial charge on any atom is 0.191 e. The Morgan fingerprint density at radius 3 is 2.74 bits per heavy atom. The molecule has 3 heterocycles. The number of ether oxygens (including phenoxy) is 2. The summed E-state index contributed by atoms with van der Waals surface area (Å²) in [7, 11) is 0. The lowest BCUT2D eigenvalue weighted by Crippen LogP contribution is -2.49. The van der Waals surface area contributed by atoms with Gasteiger partial charge in [0.05, 0.1) is 32.1 Å². The molecule has 0 amide bonds. The third-order valence-corrected chi connectivity index (χ3v) is 6.26. The Morgan fingerprint density at radius 1 is 1.23 bits per heavy atom. The average Bonchev–Trinajstić information content (AvgIpc) is 3.29. The number of halogens is 1. The van der Waals surface area contributed by atoms with Crippen molar-refractivity contribution < 1.29 is 13.9 Å². The van der Waals surface area contributed by atoms with Crippen LogP contribution in [0.15, 0.2) is 27.8 Å². The maximum absolute atomic E-state index is 6.09. The molecule has 31 heavy (non-hydrogen) atoms. The van der Waals surface area contributed by atoms with Gasteiger partial charge in [0, 0.05) is 45.2 Å². The van der Waals surface area contributed by atoms with Crippen molar-refractivity contribution in [3.63, 3.8) is 0 Å². The van der Waals surface area contributed by atoms with Gasteiger partial charge in [-0.3, -0.25) is 9.89 Å². The van der Waals surface area contributed by atoms with E-state index in [9.17, 15) is 0 Å². The highest BCUT2D eigenvalue weighted by Gasteiger charge is 2.28. The molecule has 0 bridgehead atoms. The number of morpholine rings is 1. The fourth-order valence-electron chi connectivity index (χ4n) is 4.33. The first kappa shape index (κ1) is 26.4. The fourth-order valence-corrected chi connectivity index (χ4v) is 4.33. The second-order valence-electron chi connectivity index (χ2n) is 8.29. The summed E-state index contributed by atoms with van der Waals surface area (Å²) in [6, 6.07) is 4.36. The Bertz CT molecular complexity index is 604. The summed E-state index contributed by atoms with van der Waals surface area (Å²) in [5.74, 6) is 2.54. The minimum atomic E-state index is 0. The van der Waals surface area contributed by atoms with E-state index in [1.807, 2.05) is 12.1 Å². The lowest BCUT2D eigenvalue weighted by Gasteiger charge is -2.35. The number of nitrogens with zero attached hydrogens (tertiary/aromatic N) is 2. The summed E-state index contributed by atoms with van der Waals surface area (Å²) in [4.78, 5) is 7.30. The van der Waals surface area contributed by atoms with E-state index in [0.717, 1.165) is 83.5 Å². The van der Waals surface area contributed by atoms with Crippen molar-refractivity contribution in [2.75, 3.05) is 52.5 Å². The fraction of sp³-hybridized carbons (Fsp3) is 0.783. The molecule has 0 aromatic carbocycles. The topological polar surface area (TPSA) is 71.3 Å². The molecule has 8 heteroatoms. The third-order valence-electron chi connectivity index (χ3n) is 6.26. The highest BCUT2D eigenvalue weighted by molar-refractivity contribution is 14.0. The van der Waals surface area contributed by atoms with Crippen molar-refractivity contribution >= 4 is 29.9 Å². The molecule has 3 rings (SSSR count). The summed E-state index contributed by atoms with van der Waals surface area (Å²) in [5, 5.41) is 7.20. The largest absolute Gasteiger partial charge is 0.469 e. The predicted octanol–water partition coefficient (Wildman–Crippen LogP) is 3.29. The molecule has 2 aliphatic rings. The van der Waals surface area contributed by atoms with E-state index < -0.39 is 0 Å². The zero-order chi connectivity index (χ0) is 21.0. The van der Waals surface area contributed by atoms with Crippen molar-refractivity contribution in [1.82, 2.24) is 15.5 Å². The number of hydrogen-bond donors (Lipinski definition) is 2. The second-order valence-corrected chi connectivity index (χ2v) is 8.29. The van der Waals surface area contributed by atoms with Crippen LogP contribution in [0.3, 0.4) is 0 Å². The van der Waals surface area contributed by atoms with Crippen molar-refractivity contribution in [1.29, 1.82) is 0 Å². The minimum Gasteiger partial charge on any atom is -0.469 e. The molecule has 7 nitrogen and oxygen atoms in total. The Kier molecular flexibility index (Phi) is 12.8. The van der Waals surface area contributed by atoms with Crippen LogP contribution in [-0.2, 0) is 15.9 Å². The van der Waals surface area contributed by atoms with Crippen molar-refractivity contribution in [2.45, 2.75) is 58.1 Å². The van der Waals surface area contributed by atoms with Crippen molar-refractivity contribution in [3.8, 4) is 0 Å². The molecule has 178 valence electrons. The molecule has 2 saturated heterocycles. The second kappa shape index (κ2) is 15.1. The van der Waals surface area contributed by atoms with Crippen LogP contribution in [0.1, 0.15) is 45.3 Å². The van der Waals surface area contributed by atoms with Crippen LogP contribution in [0.25, 0.3) is 0 Å². The molecule has 2 unspecified atom stereocenters. The molecule has 2 aliphatic heterocycles. The van der Waals surface area contributed by atoms with E-state index in [1.165, 1.54) is 12.8 Å². The zero-order valence-corrected chi connectivity index (χ0v) is 21.5. The molecule has 2 atom stereocenters. The molecule has 0 spiro atoms. The molecule has 1 aromatic heterocycles. The number of nitrogens with one attached hydrogen (secondary N) is 2. The van der Waals surface area contributed by atoms with Crippen molar-refractivity contribution in [2.24, 2.45) is 10.9 Å². The quantitative estimate of drug-likeness (QED) is 0.266. The lowest BCUT2D eigenvalue weighted by molar-refractivity contribution is -0.0324. The van der Waals surface area contributed by atoms with Crippen LogP contribution in [0.4, 0.5) is 0 Å². The van der Waals surface area contributed by atoms with E-state index in [4.69, 9.17) is 18.9 Å². The molecular weight excluding hydrogens is 507 g/mol. The lowest BCUT2D eigenvalue weighted by atomic mass is 9.89. The molecule has 1 aromatic rings. The monoisotopic (exact) mass is 548 g/mol. The number of aliphatic imine (C=N–C) groups is 1. The van der Waals surface area contributed by atoms with Crippen LogP contribution < -0.4 is 10.6 Å². The summed E-state index contributed by atoms with van der Waals surface area (Å²) in [5.41, 5.74) is 0. The molecular formula is C23H41IN4O3. The van der Waals surface area contributed by atoms with Gasteiger partial charge >= 0.3 is 0 Å². The van der Waals surface area contributed by atoms with Gasteiger partial charge < -0.3 is 24.5 Å². The third kappa shape index (κ3) is 9.27. The van der Waals surface area contributed by atoms with Gasteiger partial charge in [0.2, 0.25) is 0 Å². The van der Waals surface area contributed by atoms with E-state index in [1.54, 1.807) is 6.26 Å². The van der Waals surface area contributed by atoms with Crippen LogP contribution in [0.2, 0.25) is 0 Å². The van der Waals surface area contributed by atoms with Gasteiger partial charge in [-0.1, -0.05) is 26.7 Å². The highest BCUT2D eigenvalue weighted by atomic mass is 127. The Morgan fingerprint density at radius 2 is 2.03 bits per heavy atom.